The number of aliphatic hydroxyl groups is 1. The molecule has 3 aromatic rings. The van der Waals surface area contributed by atoms with Crippen LogP contribution < -0.4 is 0 Å². The van der Waals surface area contributed by atoms with Gasteiger partial charge in [-0.05, 0) is 30.2 Å². The first-order chi connectivity index (χ1) is 10.1. The molecule has 3 rings (SSSR count). The molecule has 5 nitrogen and oxygen atoms in total. The predicted octanol–water partition coefficient (Wildman–Crippen LogP) is 1.93. The largest absolute Gasteiger partial charge is 0.396 e. The van der Waals surface area contributed by atoms with Crippen molar-refractivity contribution in [2.24, 2.45) is 0 Å². The molecule has 2 N–H and O–H groups in total. The summed E-state index contributed by atoms with van der Waals surface area (Å²) in [6.07, 6.45) is 0.438. The third-order valence-corrected chi connectivity index (χ3v) is 5.08. The van der Waals surface area contributed by atoms with E-state index < -0.39 is 9.84 Å². The van der Waals surface area contributed by atoms with Crippen LogP contribution in [0.5, 0.6) is 0 Å². The average molecular weight is 302 g/mol. The molecule has 0 saturated heterocycles. The van der Waals surface area contributed by atoms with Crippen molar-refractivity contribution in [3.05, 3.63) is 54.1 Å². The highest BCUT2D eigenvalue weighted by atomic mass is 32.2. The van der Waals surface area contributed by atoms with Gasteiger partial charge in [-0.25, -0.2) is 8.42 Å². The third-order valence-electron chi connectivity index (χ3n) is 3.34. The van der Waals surface area contributed by atoms with Crippen LogP contribution in [0.15, 0.2) is 58.5 Å². The zero-order valence-corrected chi connectivity index (χ0v) is 12.0. The number of aromatic amines is 1. The van der Waals surface area contributed by atoms with Gasteiger partial charge in [0, 0.05) is 12.0 Å². The number of aromatic nitrogens is 2. The van der Waals surface area contributed by atoms with Crippen molar-refractivity contribution in [3.63, 3.8) is 0 Å². The number of nitrogens with zero attached hydrogens (tertiary/aromatic N) is 1. The maximum absolute atomic E-state index is 12.7. The lowest BCUT2D eigenvalue weighted by atomic mass is 10.1. The number of sulfone groups is 1. The highest BCUT2D eigenvalue weighted by Crippen LogP contribution is 2.27. The summed E-state index contributed by atoms with van der Waals surface area (Å²) in [5.74, 6) is 0. The number of para-hydroxylation sites is 1. The Morgan fingerprint density at radius 2 is 1.81 bits per heavy atom. The van der Waals surface area contributed by atoms with Crippen LogP contribution in [0.2, 0.25) is 0 Å². The Kier molecular flexibility index (Phi) is 3.48. The summed E-state index contributed by atoms with van der Waals surface area (Å²) in [5.41, 5.74) is 1.40. The van der Waals surface area contributed by atoms with Gasteiger partial charge in [-0.2, -0.15) is 5.10 Å². The Hall–Kier alpha value is -2.18. The first-order valence-electron chi connectivity index (χ1n) is 6.51. The molecule has 6 heteroatoms. The van der Waals surface area contributed by atoms with Crippen LogP contribution >= 0.6 is 0 Å². The van der Waals surface area contributed by atoms with Crippen LogP contribution in [0, 0.1) is 0 Å². The summed E-state index contributed by atoms with van der Waals surface area (Å²) in [4.78, 5) is 0.225. The summed E-state index contributed by atoms with van der Waals surface area (Å²) >= 11 is 0. The van der Waals surface area contributed by atoms with Crippen molar-refractivity contribution in [3.8, 4) is 0 Å². The van der Waals surface area contributed by atoms with E-state index in [1.54, 1.807) is 42.5 Å². The number of aliphatic hydroxyl groups excluding tert-OH is 1. The molecule has 0 saturated carbocycles. The molecule has 0 radical (unpaired) electrons. The Bertz CT molecular complexity index is 870. The van der Waals surface area contributed by atoms with Gasteiger partial charge in [-0.3, -0.25) is 5.10 Å². The molecule has 0 amide bonds. The van der Waals surface area contributed by atoms with E-state index in [2.05, 4.69) is 10.2 Å². The lowest BCUT2D eigenvalue weighted by Crippen LogP contribution is -2.02. The van der Waals surface area contributed by atoms with Crippen LogP contribution in [-0.4, -0.2) is 30.3 Å². The van der Waals surface area contributed by atoms with Gasteiger partial charge in [-0.1, -0.05) is 30.3 Å². The minimum absolute atomic E-state index is 0.00720. The molecule has 0 spiro atoms. The SMILES string of the molecule is O=S(=O)(c1ccccc1)c1[nH]nc2c(CCO)cccc12. The molecule has 2 aromatic carbocycles. The lowest BCUT2D eigenvalue weighted by molar-refractivity contribution is 0.300. The summed E-state index contributed by atoms with van der Waals surface area (Å²) in [6.45, 7) is -0.00720. The van der Waals surface area contributed by atoms with Gasteiger partial charge >= 0.3 is 0 Å². The van der Waals surface area contributed by atoms with Gasteiger partial charge in [0.2, 0.25) is 9.84 Å². The molecule has 0 fully saturated rings. The summed E-state index contributed by atoms with van der Waals surface area (Å²) in [6, 6.07) is 13.6. The van der Waals surface area contributed by atoms with Crippen LogP contribution in [0.4, 0.5) is 0 Å². The fourth-order valence-corrected chi connectivity index (χ4v) is 3.69. The molecule has 21 heavy (non-hydrogen) atoms. The van der Waals surface area contributed by atoms with E-state index in [0.717, 1.165) is 5.56 Å². The van der Waals surface area contributed by atoms with Crippen molar-refractivity contribution in [1.29, 1.82) is 0 Å². The number of benzene rings is 2. The van der Waals surface area contributed by atoms with Crippen LogP contribution in [-0.2, 0) is 16.3 Å². The Labute approximate surface area is 122 Å². The van der Waals surface area contributed by atoms with Crippen LogP contribution in [0.3, 0.4) is 0 Å². The predicted molar refractivity (Wildman–Crippen MR) is 78.8 cm³/mol. The van der Waals surface area contributed by atoms with Crippen LogP contribution in [0.1, 0.15) is 5.56 Å². The highest BCUT2D eigenvalue weighted by molar-refractivity contribution is 7.91. The topological polar surface area (TPSA) is 83.0 Å². The second kappa shape index (κ2) is 5.31. The van der Waals surface area contributed by atoms with Crippen molar-refractivity contribution >= 4 is 20.7 Å². The number of H-pyrrole nitrogens is 1. The van der Waals surface area contributed by atoms with E-state index in [9.17, 15) is 8.42 Å². The second-order valence-corrected chi connectivity index (χ2v) is 6.54. The second-order valence-electron chi connectivity index (χ2n) is 4.66. The molecule has 0 bridgehead atoms. The average Bonchev–Trinajstić information content (AvgIpc) is 2.94. The Morgan fingerprint density at radius 3 is 2.52 bits per heavy atom. The molecule has 108 valence electrons. The molecular weight excluding hydrogens is 288 g/mol. The van der Waals surface area contributed by atoms with E-state index in [-0.39, 0.29) is 16.5 Å². The third kappa shape index (κ3) is 2.32. The van der Waals surface area contributed by atoms with Crippen molar-refractivity contribution in [2.45, 2.75) is 16.3 Å². The van der Waals surface area contributed by atoms with E-state index >= 15 is 0 Å². The molecule has 0 atom stereocenters. The summed E-state index contributed by atoms with van der Waals surface area (Å²) in [5, 5.41) is 16.4. The molecular formula is C15H14N2O3S. The van der Waals surface area contributed by atoms with Gasteiger partial charge in [0.25, 0.3) is 0 Å². The molecule has 0 unspecified atom stereocenters. The van der Waals surface area contributed by atoms with Crippen LogP contribution in [0.25, 0.3) is 10.9 Å². The standard InChI is InChI=1S/C15H14N2O3S/c18-10-9-11-5-4-8-13-14(11)16-17-15(13)21(19,20)12-6-2-1-3-7-12/h1-8,18H,9-10H2,(H,16,17). The van der Waals surface area contributed by atoms with E-state index in [4.69, 9.17) is 5.11 Å². The Balaban J connectivity index is 2.20. The van der Waals surface area contributed by atoms with Gasteiger partial charge in [0.15, 0.2) is 5.03 Å². The van der Waals surface area contributed by atoms with E-state index in [1.807, 2.05) is 6.07 Å². The number of nitrogens with one attached hydrogen (secondary N) is 1. The molecule has 0 aliphatic rings. The monoisotopic (exact) mass is 302 g/mol. The van der Waals surface area contributed by atoms with E-state index in [0.29, 0.717) is 17.3 Å². The van der Waals surface area contributed by atoms with Gasteiger partial charge < -0.3 is 5.11 Å². The highest BCUT2D eigenvalue weighted by Gasteiger charge is 2.23. The maximum atomic E-state index is 12.7. The summed E-state index contributed by atoms with van der Waals surface area (Å²) < 4.78 is 25.3. The number of hydrogen-bond acceptors (Lipinski definition) is 4. The minimum atomic E-state index is -3.63. The number of hydrogen-bond donors (Lipinski definition) is 2. The molecule has 1 aromatic heterocycles. The maximum Gasteiger partial charge on any atom is 0.223 e. The molecule has 1 heterocycles. The first kappa shape index (κ1) is 13.8. The van der Waals surface area contributed by atoms with Crippen molar-refractivity contribution < 1.29 is 13.5 Å². The smallest absolute Gasteiger partial charge is 0.223 e. The molecule has 0 aliphatic heterocycles. The fraction of sp³-hybridized carbons (Fsp3) is 0.133. The Morgan fingerprint density at radius 1 is 1.05 bits per heavy atom. The zero-order chi connectivity index (χ0) is 14.9. The summed E-state index contributed by atoms with van der Waals surface area (Å²) in [7, 11) is -3.63. The zero-order valence-electron chi connectivity index (χ0n) is 11.2. The first-order valence-corrected chi connectivity index (χ1v) is 8.00. The van der Waals surface area contributed by atoms with Gasteiger partial charge in [-0.15, -0.1) is 0 Å². The molecule has 0 aliphatic carbocycles. The quantitative estimate of drug-likeness (QED) is 0.771. The van der Waals surface area contributed by atoms with E-state index in [1.165, 1.54) is 0 Å². The minimum Gasteiger partial charge on any atom is -0.396 e. The van der Waals surface area contributed by atoms with Gasteiger partial charge in [0.1, 0.15) is 0 Å². The van der Waals surface area contributed by atoms with Crippen molar-refractivity contribution in [1.82, 2.24) is 10.2 Å². The number of fused-ring (bicyclic) bond motifs is 1. The van der Waals surface area contributed by atoms with Crippen molar-refractivity contribution in [2.75, 3.05) is 6.61 Å². The normalized spacial score (nSPS) is 11.9. The lowest BCUT2D eigenvalue weighted by Gasteiger charge is -2.03. The van der Waals surface area contributed by atoms with Gasteiger partial charge in [0.05, 0.1) is 10.4 Å². The fourth-order valence-electron chi connectivity index (χ4n) is 2.32. The number of rotatable bonds is 4.